The minimum absolute atomic E-state index is 0.00736. The Morgan fingerprint density at radius 2 is 2.18 bits per heavy atom. The molecule has 5 heteroatoms. The molecule has 1 aromatic rings. The molecule has 0 bridgehead atoms. The second-order valence-electron chi connectivity index (χ2n) is 1.71. The summed E-state index contributed by atoms with van der Waals surface area (Å²) in [6, 6.07) is 2.71. The van der Waals surface area contributed by atoms with Gasteiger partial charge >= 0.3 is 0 Å². The number of rotatable bonds is 0. The first-order valence-electron chi connectivity index (χ1n) is 2.57. The van der Waals surface area contributed by atoms with E-state index in [2.05, 4.69) is 4.98 Å². The van der Waals surface area contributed by atoms with Crippen molar-refractivity contribution in [2.24, 2.45) is 0 Å². The number of hydrogen-bond acceptors (Lipinski definition) is 2. The van der Waals surface area contributed by atoms with Crippen molar-refractivity contribution >= 4 is 23.2 Å². The second-order valence-corrected chi connectivity index (χ2v) is 2.45. The fraction of sp³-hybridized carbons (Fsp3) is 0. The molecule has 1 heterocycles. The Labute approximate surface area is 72.2 Å². The highest BCUT2D eigenvalue weighted by Gasteiger charge is 2.08. The van der Waals surface area contributed by atoms with E-state index in [9.17, 15) is 4.39 Å². The molecule has 0 saturated carbocycles. The molecule has 0 atom stereocenters. The molecule has 2 nitrogen and oxygen atoms in total. The average Bonchev–Trinajstić information content (AvgIpc) is 1.96. The van der Waals surface area contributed by atoms with E-state index >= 15 is 0 Å². The maximum atomic E-state index is 12.7. The van der Waals surface area contributed by atoms with Crippen molar-refractivity contribution in [1.29, 1.82) is 5.26 Å². The largest absolute Gasteiger partial charge is 0.221 e. The Balaban J connectivity index is 3.39. The Bertz CT molecular complexity index is 332. The summed E-state index contributed by atoms with van der Waals surface area (Å²) in [5.74, 6) is -0.835. The molecule has 0 N–H and O–H groups in total. The lowest BCUT2D eigenvalue weighted by molar-refractivity contribution is 0.618. The van der Waals surface area contributed by atoms with Gasteiger partial charge in [0.1, 0.15) is 11.2 Å². The number of halogens is 3. The molecule has 1 aromatic heterocycles. The SMILES string of the molecule is N#Cc1cc(Cl)nc(Cl)c1F. The molecule has 0 aliphatic carbocycles. The summed E-state index contributed by atoms with van der Waals surface area (Å²) in [6.45, 7) is 0. The molecular formula is C6HCl2FN2. The van der Waals surface area contributed by atoms with Crippen molar-refractivity contribution in [2.45, 2.75) is 0 Å². The van der Waals surface area contributed by atoms with Gasteiger partial charge in [-0.15, -0.1) is 0 Å². The molecule has 0 unspecified atom stereocenters. The molecule has 0 fully saturated rings. The van der Waals surface area contributed by atoms with Gasteiger partial charge in [-0.1, -0.05) is 23.2 Å². The lowest BCUT2D eigenvalue weighted by atomic mass is 10.3. The maximum Gasteiger partial charge on any atom is 0.178 e. The van der Waals surface area contributed by atoms with Gasteiger partial charge in [-0.25, -0.2) is 9.37 Å². The van der Waals surface area contributed by atoms with Crippen LogP contribution in [0, 0.1) is 17.1 Å². The minimum atomic E-state index is -0.835. The minimum Gasteiger partial charge on any atom is -0.221 e. The zero-order valence-corrected chi connectivity index (χ0v) is 6.62. The van der Waals surface area contributed by atoms with E-state index in [4.69, 9.17) is 28.5 Å². The third-order valence-corrected chi connectivity index (χ3v) is 1.45. The molecule has 0 radical (unpaired) electrons. The number of nitriles is 1. The van der Waals surface area contributed by atoms with Crippen LogP contribution in [0.1, 0.15) is 5.56 Å². The van der Waals surface area contributed by atoms with Crippen molar-refractivity contribution in [3.63, 3.8) is 0 Å². The molecule has 0 aliphatic heterocycles. The monoisotopic (exact) mass is 190 g/mol. The number of nitrogens with zero attached hydrogens (tertiary/aromatic N) is 2. The van der Waals surface area contributed by atoms with Crippen LogP contribution in [0.5, 0.6) is 0 Å². The van der Waals surface area contributed by atoms with E-state index in [-0.39, 0.29) is 15.9 Å². The maximum absolute atomic E-state index is 12.7. The van der Waals surface area contributed by atoms with Crippen LogP contribution in [0.15, 0.2) is 6.07 Å². The Morgan fingerprint density at radius 1 is 1.55 bits per heavy atom. The second kappa shape index (κ2) is 3.04. The fourth-order valence-corrected chi connectivity index (χ4v) is 0.980. The molecule has 0 amide bonds. The fourth-order valence-electron chi connectivity index (χ4n) is 0.550. The van der Waals surface area contributed by atoms with Crippen molar-refractivity contribution in [2.75, 3.05) is 0 Å². The van der Waals surface area contributed by atoms with Gasteiger partial charge in [-0.05, 0) is 6.07 Å². The van der Waals surface area contributed by atoms with E-state index < -0.39 is 5.82 Å². The topological polar surface area (TPSA) is 36.7 Å². The third-order valence-electron chi connectivity index (χ3n) is 1.01. The van der Waals surface area contributed by atoms with Crippen LogP contribution >= 0.6 is 23.2 Å². The molecule has 0 saturated heterocycles. The summed E-state index contributed by atoms with van der Waals surface area (Å²) >= 11 is 10.7. The zero-order chi connectivity index (χ0) is 8.43. The van der Waals surface area contributed by atoms with Crippen molar-refractivity contribution in [1.82, 2.24) is 4.98 Å². The van der Waals surface area contributed by atoms with Crippen LogP contribution in [0.2, 0.25) is 10.3 Å². The molecule has 0 aromatic carbocycles. The van der Waals surface area contributed by atoms with E-state index in [1.807, 2.05) is 0 Å². The van der Waals surface area contributed by atoms with Crippen LogP contribution in [0.4, 0.5) is 4.39 Å². The van der Waals surface area contributed by atoms with Gasteiger partial charge in [0.15, 0.2) is 11.0 Å². The molecule has 1 rings (SSSR count). The van der Waals surface area contributed by atoms with Crippen LogP contribution in [-0.2, 0) is 0 Å². The summed E-state index contributed by atoms with van der Waals surface area (Å²) < 4.78 is 12.7. The average molecular weight is 191 g/mol. The van der Waals surface area contributed by atoms with E-state index in [1.54, 1.807) is 6.07 Å². The number of hydrogen-bond donors (Lipinski definition) is 0. The van der Waals surface area contributed by atoms with Gasteiger partial charge in [-0.3, -0.25) is 0 Å². The molecule has 0 spiro atoms. The van der Waals surface area contributed by atoms with Crippen molar-refractivity contribution < 1.29 is 4.39 Å². The van der Waals surface area contributed by atoms with Crippen molar-refractivity contribution in [3.05, 3.63) is 27.8 Å². The molecular weight excluding hydrogens is 190 g/mol. The molecule has 11 heavy (non-hydrogen) atoms. The standard InChI is InChI=1S/C6HCl2FN2/c7-4-1-3(2-10)5(9)6(8)11-4/h1H. The lowest BCUT2D eigenvalue weighted by Gasteiger charge is -1.95. The highest BCUT2D eigenvalue weighted by atomic mass is 35.5. The van der Waals surface area contributed by atoms with Crippen LogP contribution in [-0.4, -0.2) is 4.98 Å². The van der Waals surface area contributed by atoms with E-state index in [0.717, 1.165) is 6.07 Å². The zero-order valence-electron chi connectivity index (χ0n) is 5.11. The van der Waals surface area contributed by atoms with Gasteiger partial charge in [-0.2, -0.15) is 5.26 Å². The van der Waals surface area contributed by atoms with E-state index in [1.165, 1.54) is 0 Å². The molecule has 0 aliphatic rings. The molecule has 56 valence electrons. The Kier molecular flexibility index (Phi) is 2.28. The summed E-state index contributed by atoms with van der Waals surface area (Å²) in [5, 5.41) is 7.96. The highest BCUT2D eigenvalue weighted by molar-refractivity contribution is 6.32. The summed E-state index contributed by atoms with van der Waals surface area (Å²) in [6.07, 6.45) is 0. The first-order chi connectivity index (χ1) is 5.15. The first-order valence-corrected chi connectivity index (χ1v) is 3.32. The van der Waals surface area contributed by atoms with Gasteiger partial charge in [0.2, 0.25) is 0 Å². The lowest BCUT2D eigenvalue weighted by Crippen LogP contribution is -1.88. The summed E-state index contributed by atoms with van der Waals surface area (Å²) in [7, 11) is 0. The van der Waals surface area contributed by atoms with Crippen LogP contribution in [0.25, 0.3) is 0 Å². The van der Waals surface area contributed by atoms with Crippen LogP contribution in [0.3, 0.4) is 0 Å². The van der Waals surface area contributed by atoms with Gasteiger partial charge in [0, 0.05) is 0 Å². The van der Waals surface area contributed by atoms with E-state index in [0.29, 0.717) is 0 Å². The van der Waals surface area contributed by atoms with Crippen molar-refractivity contribution in [3.8, 4) is 6.07 Å². The quantitative estimate of drug-likeness (QED) is 0.590. The Morgan fingerprint density at radius 3 is 2.73 bits per heavy atom. The van der Waals surface area contributed by atoms with Gasteiger partial charge < -0.3 is 0 Å². The summed E-state index contributed by atoms with van der Waals surface area (Å²) in [4.78, 5) is 3.39. The predicted octanol–water partition coefficient (Wildman–Crippen LogP) is 2.40. The van der Waals surface area contributed by atoms with Crippen LogP contribution < -0.4 is 0 Å². The normalized spacial score (nSPS) is 9.27. The smallest absolute Gasteiger partial charge is 0.178 e. The third kappa shape index (κ3) is 1.59. The number of pyridine rings is 1. The van der Waals surface area contributed by atoms with Gasteiger partial charge in [0.25, 0.3) is 0 Å². The predicted molar refractivity (Wildman–Crippen MR) is 38.9 cm³/mol. The Hall–Kier alpha value is -0.850. The summed E-state index contributed by atoms with van der Waals surface area (Å²) in [5.41, 5.74) is -0.199. The number of aromatic nitrogens is 1. The first kappa shape index (κ1) is 8.25. The van der Waals surface area contributed by atoms with Gasteiger partial charge in [0.05, 0.1) is 5.56 Å². The highest BCUT2D eigenvalue weighted by Crippen LogP contribution is 2.18.